The average molecular weight is 189 g/mol. The fraction of sp³-hybridized carbons (Fsp3) is 0.538. The van der Waals surface area contributed by atoms with Gasteiger partial charge in [0.1, 0.15) is 0 Å². The molecule has 1 saturated heterocycles. The van der Waals surface area contributed by atoms with Crippen LogP contribution in [-0.2, 0) is 5.41 Å². The van der Waals surface area contributed by atoms with Crippen molar-refractivity contribution in [3.63, 3.8) is 0 Å². The van der Waals surface area contributed by atoms with E-state index in [0.29, 0.717) is 5.41 Å². The summed E-state index contributed by atoms with van der Waals surface area (Å²) in [5.74, 6) is 0. The largest absolute Gasteiger partial charge is 0.316 e. The Morgan fingerprint density at radius 3 is 2.50 bits per heavy atom. The molecule has 1 unspecified atom stereocenters. The first-order valence-corrected chi connectivity index (χ1v) is 5.49. The third-order valence-corrected chi connectivity index (χ3v) is 3.35. The number of hydrogen-bond acceptors (Lipinski definition) is 1. The summed E-state index contributed by atoms with van der Waals surface area (Å²) in [6.07, 6.45) is 2.60. The van der Waals surface area contributed by atoms with Crippen LogP contribution in [0.4, 0.5) is 0 Å². The Kier molecular flexibility index (Phi) is 2.60. The van der Waals surface area contributed by atoms with E-state index in [2.05, 4.69) is 43.4 Å². The van der Waals surface area contributed by atoms with Gasteiger partial charge < -0.3 is 5.32 Å². The highest BCUT2D eigenvalue weighted by molar-refractivity contribution is 5.29. The zero-order valence-corrected chi connectivity index (χ0v) is 9.14. The molecule has 0 spiro atoms. The third-order valence-electron chi connectivity index (χ3n) is 3.35. The number of nitrogens with one attached hydrogen (secondary N) is 1. The number of aryl methyl sites for hydroxylation is 1. The second-order valence-electron chi connectivity index (χ2n) is 4.71. The second-order valence-corrected chi connectivity index (χ2v) is 4.71. The summed E-state index contributed by atoms with van der Waals surface area (Å²) in [4.78, 5) is 0. The average Bonchev–Trinajstić information content (AvgIpc) is 2.19. The summed E-state index contributed by atoms with van der Waals surface area (Å²) in [5, 5.41) is 3.49. The van der Waals surface area contributed by atoms with E-state index in [4.69, 9.17) is 0 Å². The SMILES string of the molecule is Cc1ccc(C2(C)CCCNC2)cc1. The second kappa shape index (κ2) is 3.74. The summed E-state index contributed by atoms with van der Waals surface area (Å²) >= 11 is 0. The van der Waals surface area contributed by atoms with Crippen LogP contribution in [-0.4, -0.2) is 13.1 Å². The molecule has 1 N–H and O–H groups in total. The summed E-state index contributed by atoms with van der Waals surface area (Å²) in [6.45, 7) is 6.81. The van der Waals surface area contributed by atoms with Crippen molar-refractivity contribution in [1.82, 2.24) is 5.32 Å². The fourth-order valence-electron chi connectivity index (χ4n) is 2.26. The Hall–Kier alpha value is -0.820. The maximum atomic E-state index is 3.49. The zero-order valence-electron chi connectivity index (χ0n) is 9.14. The van der Waals surface area contributed by atoms with Crippen LogP contribution in [0, 0.1) is 6.92 Å². The van der Waals surface area contributed by atoms with Gasteiger partial charge in [-0.15, -0.1) is 0 Å². The summed E-state index contributed by atoms with van der Waals surface area (Å²) in [5.41, 5.74) is 3.18. The molecule has 2 rings (SSSR count). The van der Waals surface area contributed by atoms with Crippen LogP contribution < -0.4 is 5.32 Å². The molecule has 76 valence electrons. The molecule has 1 nitrogen and oxygen atoms in total. The van der Waals surface area contributed by atoms with Gasteiger partial charge in [-0.25, -0.2) is 0 Å². The van der Waals surface area contributed by atoms with E-state index in [-0.39, 0.29) is 0 Å². The van der Waals surface area contributed by atoms with Gasteiger partial charge in [0.05, 0.1) is 0 Å². The molecule has 0 amide bonds. The molecule has 1 heteroatoms. The van der Waals surface area contributed by atoms with Crippen LogP contribution in [0.15, 0.2) is 24.3 Å². The van der Waals surface area contributed by atoms with Crippen molar-refractivity contribution in [1.29, 1.82) is 0 Å². The highest BCUT2D eigenvalue weighted by Crippen LogP contribution is 2.30. The van der Waals surface area contributed by atoms with Crippen LogP contribution in [0.5, 0.6) is 0 Å². The number of benzene rings is 1. The molecule has 0 radical (unpaired) electrons. The Balaban J connectivity index is 2.23. The summed E-state index contributed by atoms with van der Waals surface area (Å²) in [7, 11) is 0. The number of hydrogen-bond donors (Lipinski definition) is 1. The minimum Gasteiger partial charge on any atom is -0.316 e. The lowest BCUT2D eigenvalue weighted by atomic mass is 9.76. The van der Waals surface area contributed by atoms with Gasteiger partial charge in [-0.2, -0.15) is 0 Å². The highest BCUT2D eigenvalue weighted by Gasteiger charge is 2.28. The van der Waals surface area contributed by atoms with E-state index in [9.17, 15) is 0 Å². The molecule has 0 saturated carbocycles. The Morgan fingerprint density at radius 1 is 1.21 bits per heavy atom. The lowest BCUT2D eigenvalue weighted by Gasteiger charge is -2.34. The van der Waals surface area contributed by atoms with E-state index in [1.54, 1.807) is 0 Å². The van der Waals surface area contributed by atoms with Gasteiger partial charge in [-0.1, -0.05) is 36.8 Å². The quantitative estimate of drug-likeness (QED) is 0.716. The minimum atomic E-state index is 0.353. The van der Waals surface area contributed by atoms with E-state index in [0.717, 1.165) is 6.54 Å². The van der Waals surface area contributed by atoms with Crippen LogP contribution in [0.3, 0.4) is 0 Å². The molecule has 1 aromatic carbocycles. The normalized spacial score (nSPS) is 27.6. The first-order valence-electron chi connectivity index (χ1n) is 5.49. The maximum Gasteiger partial charge on any atom is 0.00500 e. The molecule has 1 fully saturated rings. The first kappa shape index (κ1) is 9.72. The van der Waals surface area contributed by atoms with Crippen molar-refractivity contribution in [2.45, 2.75) is 32.1 Å². The molecular weight excluding hydrogens is 170 g/mol. The lowest BCUT2D eigenvalue weighted by molar-refractivity contribution is 0.339. The van der Waals surface area contributed by atoms with E-state index in [1.165, 1.54) is 30.5 Å². The van der Waals surface area contributed by atoms with Crippen LogP contribution >= 0.6 is 0 Å². The van der Waals surface area contributed by atoms with Gasteiger partial charge in [-0.05, 0) is 31.9 Å². The van der Waals surface area contributed by atoms with Crippen molar-refractivity contribution >= 4 is 0 Å². The standard InChI is InChI=1S/C13H19N/c1-11-4-6-12(7-5-11)13(2)8-3-9-14-10-13/h4-7,14H,3,8-10H2,1-2H3. The van der Waals surface area contributed by atoms with Gasteiger partial charge in [0.2, 0.25) is 0 Å². The molecule has 1 aliphatic rings. The maximum absolute atomic E-state index is 3.49. The number of rotatable bonds is 1. The van der Waals surface area contributed by atoms with Gasteiger partial charge in [0, 0.05) is 12.0 Å². The van der Waals surface area contributed by atoms with Crippen LogP contribution in [0.25, 0.3) is 0 Å². The van der Waals surface area contributed by atoms with Gasteiger partial charge >= 0.3 is 0 Å². The molecule has 0 bridgehead atoms. The fourth-order valence-corrected chi connectivity index (χ4v) is 2.26. The molecule has 0 aliphatic carbocycles. The third kappa shape index (κ3) is 1.83. The van der Waals surface area contributed by atoms with Gasteiger partial charge in [0.25, 0.3) is 0 Å². The first-order chi connectivity index (χ1) is 6.71. The molecule has 1 aliphatic heterocycles. The van der Waals surface area contributed by atoms with E-state index in [1.807, 2.05) is 0 Å². The minimum absolute atomic E-state index is 0.353. The zero-order chi connectivity index (χ0) is 10.0. The smallest absolute Gasteiger partial charge is 0.00500 e. The Bertz CT molecular complexity index is 294. The molecule has 14 heavy (non-hydrogen) atoms. The van der Waals surface area contributed by atoms with Crippen molar-refractivity contribution in [3.05, 3.63) is 35.4 Å². The van der Waals surface area contributed by atoms with Gasteiger partial charge in [0.15, 0.2) is 0 Å². The molecular formula is C13H19N. The topological polar surface area (TPSA) is 12.0 Å². The predicted octanol–water partition coefficient (Wildman–Crippen LogP) is 2.64. The lowest BCUT2D eigenvalue weighted by Crippen LogP contribution is -2.41. The monoisotopic (exact) mass is 189 g/mol. The van der Waals surface area contributed by atoms with Crippen LogP contribution in [0.1, 0.15) is 30.9 Å². The van der Waals surface area contributed by atoms with E-state index < -0.39 is 0 Å². The summed E-state index contributed by atoms with van der Waals surface area (Å²) < 4.78 is 0. The van der Waals surface area contributed by atoms with Crippen molar-refractivity contribution in [3.8, 4) is 0 Å². The van der Waals surface area contributed by atoms with Crippen molar-refractivity contribution in [2.24, 2.45) is 0 Å². The predicted molar refractivity (Wildman–Crippen MR) is 60.6 cm³/mol. The molecule has 0 aromatic heterocycles. The molecule has 1 heterocycles. The van der Waals surface area contributed by atoms with Crippen molar-refractivity contribution in [2.75, 3.05) is 13.1 Å². The summed E-state index contributed by atoms with van der Waals surface area (Å²) in [6, 6.07) is 9.00. The van der Waals surface area contributed by atoms with Crippen LogP contribution in [0.2, 0.25) is 0 Å². The van der Waals surface area contributed by atoms with Crippen molar-refractivity contribution < 1.29 is 0 Å². The highest BCUT2D eigenvalue weighted by atomic mass is 14.9. The Labute approximate surface area is 86.5 Å². The van der Waals surface area contributed by atoms with E-state index >= 15 is 0 Å². The van der Waals surface area contributed by atoms with Gasteiger partial charge in [-0.3, -0.25) is 0 Å². The Morgan fingerprint density at radius 2 is 1.93 bits per heavy atom. The molecule has 1 aromatic rings. The number of piperidine rings is 1. The molecule has 1 atom stereocenters.